The van der Waals surface area contributed by atoms with Crippen molar-refractivity contribution in [2.45, 2.75) is 32.1 Å². The first-order valence-corrected chi connectivity index (χ1v) is 7.78. The number of rotatable bonds is 7. The molecule has 1 rings (SSSR count). The van der Waals surface area contributed by atoms with Gasteiger partial charge in [0.15, 0.2) is 0 Å². The molecule has 0 radical (unpaired) electrons. The van der Waals surface area contributed by atoms with Crippen LogP contribution in [0.25, 0.3) is 0 Å². The van der Waals surface area contributed by atoms with Gasteiger partial charge in [-0.05, 0) is 24.5 Å². The first-order valence-electron chi connectivity index (χ1n) is 6.30. The zero-order chi connectivity index (χ0) is 13.6. The van der Waals surface area contributed by atoms with Crippen LogP contribution in [0.3, 0.4) is 0 Å². The van der Waals surface area contributed by atoms with Crippen LogP contribution in [-0.2, 0) is 10.0 Å². The Morgan fingerprint density at radius 2 is 1.89 bits per heavy atom. The Morgan fingerprint density at radius 3 is 2.50 bits per heavy atom. The van der Waals surface area contributed by atoms with Gasteiger partial charge in [-0.25, -0.2) is 13.1 Å². The Labute approximate surface area is 110 Å². The smallest absolute Gasteiger partial charge is 0.242 e. The zero-order valence-electron chi connectivity index (χ0n) is 11.2. The Bertz CT molecular complexity index is 470. The topological polar surface area (TPSA) is 58.2 Å². The molecule has 0 aliphatic heterocycles. The van der Waals surface area contributed by atoms with Crippen molar-refractivity contribution in [1.29, 1.82) is 0 Å². The summed E-state index contributed by atoms with van der Waals surface area (Å²) in [5, 5.41) is 3.18. The number of benzene rings is 1. The molecule has 0 saturated carbocycles. The summed E-state index contributed by atoms with van der Waals surface area (Å²) in [6, 6.07) is 6.99. The van der Waals surface area contributed by atoms with Crippen molar-refractivity contribution in [3.8, 4) is 0 Å². The molecule has 0 atom stereocenters. The van der Waals surface area contributed by atoms with Crippen LogP contribution in [0.2, 0.25) is 0 Å². The predicted octanol–water partition coefficient (Wildman–Crippen LogP) is 2.44. The highest BCUT2D eigenvalue weighted by Gasteiger charge is 2.17. The lowest BCUT2D eigenvalue weighted by Gasteiger charge is -2.14. The molecule has 0 fully saturated rings. The second-order valence-corrected chi connectivity index (χ2v) is 6.40. The molecule has 0 amide bonds. The molecule has 0 bridgehead atoms. The molecular weight excluding hydrogens is 248 g/mol. The van der Waals surface area contributed by atoms with E-state index in [4.69, 9.17) is 0 Å². The van der Waals surface area contributed by atoms with Gasteiger partial charge in [-0.1, -0.05) is 32.9 Å². The highest BCUT2D eigenvalue weighted by atomic mass is 32.2. The standard InChI is InChI=1S/C13H22N2O2S/c1-4-9-15-18(16,17)13-8-6-5-7-12(13)14-10-11(2)3/h5-8,11,14-15H,4,9-10H2,1-3H3. The Hall–Kier alpha value is -1.07. The monoisotopic (exact) mass is 270 g/mol. The maximum atomic E-state index is 12.1. The summed E-state index contributed by atoms with van der Waals surface area (Å²) >= 11 is 0. The third kappa shape index (κ3) is 4.31. The molecule has 0 aliphatic rings. The van der Waals surface area contributed by atoms with E-state index in [-0.39, 0.29) is 0 Å². The van der Waals surface area contributed by atoms with E-state index in [2.05, 4.69) is 23.9 Å². The zero-order valence-corrected chi connectivity index (χ0v) is 12.0. The fourth-order valence-corrected chi connectivity index (χ4v) is 2.79. The second-order valence-electron chi connectivity index (χ2n) is 4.67. The second kappa shape index (κ2) is 6.75. The summed E-state index contributed by atoms with van der Waals surface area (Å²) in [6.07, 6.45) is 0.779. The Kier molecular flexibility index (Phi) is 5.62. The number of hydrogen-bond acceptors (Lipinski definition) is 3. The van der Waals surface area contributed by atoms with Gasteiger partial charge in [0.1, 0.15) is 4.90 Å². The summed E-state index contributed by atoms with van der Waals surface area (Å²) in [7, 11) is -3.41. The van der Waals surface area contributed by atoms with E-state index in [1.54, 1.807) is 18.2 Å². The van der Waals surface area contributed by atoms with Crippen molar-refractivity contribution in [3.05, 3.63) is 24.3 Å². The Balaban J connectivity index is 2.94. The van der Waals surface area contributed by atoms with E-state index in [1.165, 1.54) is 0 Å². The number of hydrogen-bond donors (Lipinski definition) is 2. The summed E-state index contributed by atoms with van der Waals surface area (Å²) in [6.45, 7) is 7.31. The molecular formula is C13H22N2O2S. The molecule has 0 aromatic heterocycles. The fourth-order valence-electron chi connectivity index (χ4n) is 1.48. The van der Waals surface area contributed by atoms with Crippen LogP contribution in [0.5, 0.6) is 0 Å². The largest absolute Gasteiger partial charge is 0.384 e. The van der Waals surface area contributed by atoms with Gasteiger partial charge >= 0.3 is 0 Å². The van der Waals surface area contributed by atoms with Crippen LogP contribution < -0.4 is 10.0 Å². The summed E-state index contributed by atoms with van der Waals surface area (Å²) in [5.41, 5.74) is 0.662. The molecule has 2 N–H and O–H groups in total. The molecule has 4 nitrogen and oxygen atoms in total. The van der Waals surface area contributed by atoms with Crippen LogP contribution in [0.1, 0.15) is 27.2 Å². The number of anilines is 1. The average Bonchev–Trinajstić information content (AvgIpc) is 2.34. The Morgan fingerprint density at radius 1 is 1.22 bits per heavy atom. The first kappa shape index (κ1) is 15.0. The van der Waals surface area contributed by atoms with Gasteiger partial charge in [0.2, 0.25) is 10.0 Å². The van der Waals surface area contributed by atoms with Crippen LogP contribution in [0, 0.1) is 5.92 Å². The highest BCUT2D eigenvalue weighted by Crippen LogP contribution is 2.20. The average molecular weight is 270 g/mol. The number of para-hydroxylation sites is 1. The van der Waals surface area contributed by atoms with Gasteiger partial charge in [0.25, 0.3) is 0 Å². The maximum Gasteiger partial charge on any atom is 0.242 e. The van der Waals surface area contributed by atoms with Crippen LogP contribution in [0.4, 0.5) is 5.69 Å². The van der Waals surface area contributed by atoms with Crippen molar-refractivity contribution in [2.24, 2.45) is 5.92 Å². The lowest BCUT2D eigenvalue weighted by atomic mass is 10.2. The molecule has 18 heavy (non-hydrogen) atoms. The molecule has 0 heterocycles. The summed E-state index contributed by atoms with van der Waals surface area (Å²) < 4.78 is 26.8. The molecule has 1 aromatic carbocycles. The van der Waals surface area contributed by atoms with E-state index in [1.807, 2.05) is 13.0 Å². The molecule has 0 unspecified atom stereocenters. The quantitative estimate of drug-likeness (QED) is 0.800. The first-order chi connectivity index (χ1) is 8.47. The van der Waals surface area contributed by atoms with Gasteiger partial charge in [0.05, 0.1) is 5.69 Å². The third-order valence-corrected chi connectivity index (χ3v) is 3.94. The van der Waals surface area contributed by atoms with E-state index in [9.17, 15) is 8.42 Å². The molecule has 5 heteroatoms. The lowest BCUT2D eigenvalue weighted by molar-refractivity contribution is 0.581. The summed E-state index contributed by atoms with van der Waals surface area (Å²) in [5.74, 6) is 0.462. The SMILES string of the molecule is CCCNS(=O)(=O)c1ccccc1NCC(C)C. The molecule has 102 valence electrons. The van der Waals surface area contributed by atoms with Crippen LogP contribution >= 0.6 is 0 Å². The minimum absolute atomic E-state index is 0.319. The van der Waals surface area contributed by atoms with E-state index in [0.29, 0.717) is 23.0 Å². The minimum Gasteiger partial charge on any atom is -0.384 e. The van der Waals surface area contributed by atoms with Crippen LogP contribution in [0.15, 0.2) is 29.2 Å². The van der Waals surface area contributed by atoms with Crippen molar-refractivity contribution in [2.75, 3.05) is 18.4 Å². The number of nitrogens with one attached hydrogen (secondary N) is 2. The molecule has 0 spiro atoms. The third-order valence-electron chi connectivity index (χ3n) is 2.42. The van der Waals surface area contributed by atoms with Crippen molar-refractivity contribution in [3.63, 3.8) is 0 Å². The molecule has 0 saturated heterocycles. The van der Waals surface area contributed by atoms with Crippen molar-refractivity contribution >= 4 is 15.7 Å². The van der Waals surface area contributed by atoms with Gasteiger partial charge in [-0.15, -0.1) is 0 Å². The van der Waals surface area contributed by atoms with Gasteiger partial charge in [-0.2, -0.15) is 0 Å². The highest BCUT2D eigenvalue weighted by molar-refractivity contribution is 7.89. The molecule has 0 aliphatic carbocycles. The van der Waals surface area contributed by atoms with Crippen LogP contribution in [-0.4, -0.2) is 21.5 Å². The van der Waals surface area contributed by atoms with E-state index in [0.717, 1.165) is 13.0 Å². The summed E-state index contributed by atoms with van der Waals surface area (Å²) in [4.78, 5) is 0.319. The van der Waals surface area contributed by atoms with E-state index >= 15 is 0 Å². The predicted molar refractivity (Wildman–Crippen MR) is 75.2 cm³/mol. The van der Waals surface area contributed by atoms with Gasteiger partial charge in [-0.3, -0.25) is 0 Å². The minimum atomic E-state index is -3.41. The van der Waals surface area contributed by atoms with Crippen molar-refractivity contribution in [1.82, 2.24) is 4.72 Å². The molecule has 1 aromatic rings. The lowest BCUT2D eigenvalue weighted by Crippen LogP contribution is -2.25. The number of sulfonamides is 1. The normalized spacial score (nSPS) is 11.8. The maximum absolute atomic E-state index is 12.1. The van der Waals surface area contributed by atoms with Crippen molar-refractivity contribution < 1.29 is 8.42 Å². The fraction of sp³-hybridized carbons (Fsp3) is 0.538. The van der Waals surface area contributed by atoms with Gasteiger partial charge in [0, 0.05) is 13.1 Å². The van der Waals surface area contributed by atoms with E-state index < -0.39 is 10.0 Å². The van der Waals surface area contributed by atoms with Gasteiger partial charge < -0.3 is 5.32 Å².